The van der Waals surface area contributed by atoms with E-state index in [0.717, 1.165) is 29.3 Å². The number of aromatic nitrogens is 3. The lowest BCUT2D eigenvalue weighted by atomic mass is 10.1. The third-order valence-electron chi connectivity index (χ3n) is 2.84. The summed E-state index contributed by atoms with van der Waals surface area (Å²) in [4.78, 5) is 13.4. The predicted molar refractivity (Wildman–Crippen MR) is 72.1 cm³/mol. The average Bonchev–Trinajstić information content (AvgIpc) is 2.39. The Morgan fingerprint density at radius 2 is 2.06 bits per heavy atom. The first-order valence-electron chi connectivity index (χ1n) is 6.17. The molecule has 0 bridgehead atoms. The van der Waals surface area contributed by atoms with Gasteiger partial charge in [-0.05, 0) is 38.1 Å². The van der Waals surface area contributed by atoms with E-state index < -0.39 is 0 Å². The molecule has 0 radical (unpaired) electrons. The van der Waals surface area contributed by atoms with Crippen molar-refractivity contribution in [2.45, 2.75) is 26.2 Å². The number of aryl methyl sites for hydroxylation is 1. The van der Waals surface area contributed by atoms with E-state index in [1.54, 1.807) is 6.20 Å². The number of rotatable bonds is 4. The quantitative estimate of drug-likeness (QED) is 0.893. The van der Waals surface area contributed by atoms with Crippen molar-refractivity contribution in [2.75, 3.05) is 6.54 Å². The molecule has 1 unspecified atom stereocenters. The summed E-state index contributed by atoms with van der Waals surface area (Å²) < 4.78 is 0. The maximum atomic E-state index is 5.59. The molecule has 4 nitrogen and oxygen atoms in total. The zero-order valence-electron chi connectivity index (χ0n) is 10.8. The minimum Gasteiger partial charge on any atom is -0.330 e. The summed E-state index contributed by atoms with van der Waals surface area (Å²) in [6.45, 7) is 4.73. The highest BCUT2D eigenvalue weighted by Gasteiger charge is 2.11. The van der Waals surface area contributed by atoms with Gasteiger partial charge >= 0.3 is 0 Å². The number of pyridine rings is 1. The largest absolute Gasteiger partial charge is 0.330 e. The fraction of sp³-hybridized carbons (Fsp3) is 0.357. The van der Waals surface area contributed by atoms with Crippen LogP contribution in [0.3, 0.4) is 0 Å². The molecule has 2 aromatic rings. The second kappa shape index (κ2) is 5.69. The Labute approximate surface area is 107 Å². The Balaban J connectivity index is 2.38. The van der Waals surface area contributed by atoms with Gasteiger partial charge in [0, 0.05) is 17.8 Å². The molecule has 0 aliphatic carbocycles. The molecule has 2 N–H and O–H groups in total. The van der Waals surface area contributed by atoms with E-state index in [4.69, 9.17) is 5.73 Å². The smallest absolute Gasteiger partial charge is 0.132 e. The van der Waals surface area contributed by atoms with Crippen LogP contribution in [0, 0.1) is 6.92 Å². The monoisotopic (exact) mass is 242 g/mol. The number of hydrogen-bond acceptors (Lipinski definition) is 4. The highest BCUT2D eigenvalue weighted by Crippen LogP contribution is 2.20. The molecule has 4 heteroatoms. The normalized spacial score (nSPS) is 12.4. The van der Waals surface area contributed by atoms with Crippen LogP contribution in [-0.4, -0.2) is 21.5 Å². The molecule has 0 saturated carbocycles. The number of nitrogens with zero attached hydrogens (tertiary/aromatic N) is 3. The minimum absolute atomic E-state index is 0.275. The minimum atomic E-state index is 0.275. The molecule has 0 aromatic carbocycles. The summed E-state index contributed by atoms with van der Waals surface area (Å²) in [5.41, 5.74) is 8.30. The van der Waals surface area contributed by atoms with E-state index in [1.165, 1.54) is 0 Å². The van der Waals surface area contributed by atoms with E-state index in [-0.39, 0.29) is 5.92 Å². The second-order valence-electron chi connectivity index (χ2n) is 4.45. The van der Waals surface area contributed by atoms with E-state index in [9.17, 15) is 0 Å². The topological polar surface area (TPSA) is 64.7 Å². The van der Waals surface area contributed by atoms with Gasteiger partial charge in [-0.25, -0.2) is 9.97 Å². The van der Waals surface area contributed by atoms with Crippen LogP contribution in [0.1, 0.15) is 30.8 Å². The van der Waals surface area contributed by atoms with Crippen LogP contribution in [0.4, 0.5) is 0 Å². The van der Waals surface area contributed by atoms with Crippen LogP contribution in [0.2, 0.25) is 0 Å². The SMILES string of the molecule is Cc1cc(-c2ccccn2)nc(C(C)CCN)n1. The van der Waals surface area contributed by atoms with Crippen LogP contribution in [0.15, 0.2) is 30.5 Å². The van der Waals surface area contributed by atoms with Crippen molar-refractivity contribution >= 4 is 0 Å². The summed E-state index contributed by atoms with van der Waals surface area (Å²) in [5, 5.41) is 0. The molecule has 0 fully saturated rings. The van der Waals surface area contributed by atoms with Gasteiger partial charge in [-0.15, -0.1) is 0 Å². The lowest BCUT2D eigenvalue weighted by molar-refractivity contribution is 0.644. The maximum absolute atomic E-state index is 5.59. The van der Waals surface area contributed by atoms with Gasteiger partial charge in [-0.3, -0.25) is 4.98 Å². The Hall–Kier alpha value is -1.81. The molecule has 0 spiro atoms. The molecule has 2 heterocycles. The van der Waals surface area contributed by atoms with Crippen LogP contribution in [-0.2, 0) is 0 Å². The van der Waals surface area contributed by atoms with E-state index in [2.05, 4.69) is 21.9 Å². The van der Waals surface area contributed by atoms with Gasteiger partial charge in [-0.2, -0.15) is 0 Å². The van der Waals surface area contributed by atoms with Crippen LogP contribution >= 0.6 is 0 Å². The van der Waals surface area contributed by atoms with E-state index in [0.29, 0.717) is 6.54 Å². The standard InChI is InChI=1S/C14H18N4/c1-10(6-7-15)14-17-11(2)9-13(18-14)12-5-3-4-8-16-12/h3-5,8-10H,6-7,15H2,1-2H3. The fourth-order valence-electron chi connectivity index (χ4n) is 1.84. The van der Waals surface area contributed by atoms with Crippen LogP contribution < -0.4 is 5.73 Å². The molecular formula is C14H18N4. The van der Waals surface area contributed by atoms with Gasteiger partial charge in [0.2, 0.25) is 0 Å². The summed E-state index contributed by atoms with van der Waals surface area (Å²) in [6.07, 6.45) is 2.67. The maximum Gasteiger partial charge on any atom is 0.132 e. The summed E-state index contributed by atoms with van der Waals surface area (Å²) >= 11 is 0. The van der Waals surface area contributed by atoms with Gasteiger partial charge in [0.25, 0.3) is 0 Å². The Morgan fingerprint density at radius 1 is 1.22 bits per heavy atom. The first-order chi connectivity index (χ1) is 8.70. The van der Waals surface area contributed by atoms with Gasteiger partial charge < -0.3 is 5.73 Å². The molecular weight excluding hydrogens is 224 g/mol. The van der Waals surface area contributed by atoms with Crippen molar-refractivity contribution in [1.29, 1.82) is 0 Å². The summed E-state index contributed by atoms with van der Waals surface area (Å²) in [7, 11) is 0. The predicted octanol–water partition coefficient (Wildman–Crippen LogP) is 2.30. The van der Waals surface area contributed by atoms with Gasteiger partial charge in [0.1, 0.15) is 5.82 Å². The van der Waals surface area contributed by atoms with Crippen molar-refractivity contribution in [1.82, 2.24) is 15.0 Å². The van der Waals surface area contributed by atoms with Crippen molar-refractivity contribution in [3.63, 3.8) is 0 Å². The van der Waals surface area contributed by atoms with Gasteiger partial charge in [0.05, 0.1) is 11.4 Å². The molecule has 0 aliphatic heterocycles. The molecule has 1 atom stereocenters. The Bertz CT molecular complexity index is 510. The highest BCUT2D eigenvalue weighted by molar-refractivity contribution is 5.53. The van der Waals surface area contributed by atoms with Gasteiger partial charge in [0.15, 0.2) is 0 Å². The summed E-state index contributed by atoms with van der Waals surface area (Å²) in [6, 6.07) is 7.78. The first-order valence-corrected chi connectivity index (χ1v) is 6.17. The molecule has 2 rings (SSSR count). The lowest BCUT2D eigenvalue weighted by Crippen LogP contribution is -2.09. The zero-order chi connectivity index (χ0) is 13.0. The van der Waals surface area contributed by atoms with Crippen LogP contribution in [0.5, 0.6) is 0 Å². The van der Waals surface area contributed by atoms with Crippen LogP contribution in [0.25, 0.3) is 11.4 Å². The Morgan fingerprint density at radius 3 is 2.72 bits per heavy atom. The first kappa shape index (κ1) is 12.6. The molecule has 94 valence electrons. The lowest BCUT2D eigenvalue weighted by Gasteiger charge is -2.11. The molecule has 0 aliphatic rings. The fourth-order valence-corrected chi connectivity index (χ4v) is 1.84. The van der Waals surface area contributed by atoms with E-state index in [1.807, 2.05) is 31.2 Å². The van der Waals surface area contributed by atoms with Crippen molar-refractivity contribution < 1.29 is 0 Å². The van der Waals surface area contributed by atoms with Crippen molar-refractivity contribution in [2.24, 2.45) is 5.73 Å². The van der Waals surface area contributed by atoms with Gasteiger partial charge in [-0.1, -0.05) is 13.0 Å². The second-order valence-corrected chi connectivity index (χ2v) is 4.45. The molecule has 18 heavy (non-hydrogen) atoms. The molecule has 0 saturated heterocycles. The van der Waals surface area contributed by atoms with E-state index >= 15 is 0 Å². The molecule has 2 aromatic heterocycles. The zero-order valence-corrected chi connectivity index (χ0v) is 10.8. The summed E-state index contributed by atoms with van der Waals surface area (Å²) in [5.74, 6) is 1.12. The molecule has 0 amide bonds. The third kappa shape index (κ3) is 2.90. The number of nitrogens with two attached hydrogens (primary N) is 1. The van der Waals surface area contributed by atoms with Crippen molar-refractivity contribution in [3.8, 4) is 11.4 Å². The number of hydrogen-bond donors (Lipinski definition) is 1. The van der Waals surface area contributed by atoms with Crippen molar-refractivity contribution in [3.05, 3.63) is 42.0 Å². The highest BCUT2D eigenvalue weighted by atomic mass is 14.9. The third-order valence-corrected chi connectivity index (χ3v) is 2.84. The average molecular weight is 242 g/mol. The Kier molecular flexibility index (Phi) is 3.99.